The highest BCUT2D eigenvalue weighted by Crippen LogP contribution is 2.47. The summed E-state index contributed by atoms with van der Waals surface area (Å²) in [5.41, 5.74) is 0.638. The Morgan fingerprint density at radius 2 is 1.89 bits per heavy atom. The summed E-state index contributed by atoms with van der Waals surface area (Å²) in [4.78, 5) is 6.59. The van der Waals surface area contributed by atoms with Crippen molar-refractivity contribution in [2.75, 3.05) is 12.0 Å². The molecule has 0 amide bonds. The first-order valence-corrected chi connectivity index (χ1v) is 12.5. The number of piperidine rings is 1. The molecule has 2 aromatic heterocycles. The quantitative estimate of drug-likeness (QED) is 0.512. The Bertz CT molecular complexity index is 1340. The van der Waals surface area contributed by atoms with Crippen molar-refractivity contribution in [3.63, 3.8) is 0 Å². The van der Waals surface area contributed by atoms with Crippen molar-refractivity contribution in [1.29, 1.82) is 0 Å². The molecule has 2 N–H and O–H groups in total. The Morgan fingerprint density at radius 1 is 1.08 bits per heavy atom. The van der Waals surface area contributed by atoms with Crippen LogP contribution in [0.15, 0.2) is 30.5 Å². The van der Waals surface area contributed by atoms with Gasteiger partial charge >= 0.3 is 0 Å². The van der Waals surface area contributed by atoms with Gasteiger partial charge in [0.2, 0.25) is 17.8 Å². The number of alkyl halides is 1. The van der Waals surface area contributed by atoms with E-state index in [1.165, 1.54) is 25.4 Å². The number of phenolic OH excluding ortho intramolecular Hbond substituents is 1. The van der Waals surface area contributed by atoms with Gasteiger partial charge in [-0.1, -0.05) is 6.07 Å². The Labute approximate surface area is 213 Å². The highest BCUT2D eigenvalue weighted by molar-refractivity contribution is 5.74. The predicted molar refractivity (Wildman–Crippen MR) is 132 cm³/mol. The molecule has 2 bridgehead atoms. The predicted octanol–water partition coefficient (Wildman–Crippen LogP) is 3.83. The molecule has 1 aromatic carbocycles. The van der Waals surface area contributed by atoms with E-state index in [1.807, 2.05) is 11.8 Å². The fourth-order valence-corrected chi connectivity index (χ4v) is 5.96. The summed E-state index contributed by atoms with van der Waals surface area (Å²) in [5.74, 6) is -0.332. The maximum atomic E-state index is 15.8. The smallest absolute Gasteiger partial charge is 0.245 e. The van der Waals surface area contributed by atoms with Crippen LogP contribution < -0.4 is 15.0 Å². The third-order valence-electron chi connectivity index (χ3n) is 7.99. The molecule has 4 atom stereocenters. The molecule has 6 rings (SSSR count). The van der Waals surface area contributed by atoms with Crippen LogP contribution in [0.2, 0.25) is 0 Å². The number of aromatic nitrogens is 5. The number of anilines is 1. The topological polar surface area (TPSA) is 109 Å². The number of phenols is 1. The monoisotopic (exact) mass is 509 g/mol. The van der Waals surface area contributed by atoms with Crippen molar-refractivity contribution in [3.05, 3.63) is 36.4 Å². The van der Waals surface area contributed by atoms with E-state index in [2.05, 4.69) is 37.6 Å². The molecule has 2 saturated heterocycles. The summed E-state index contributed by atoms with van der Waals surface area (Å²) in [6.07, 6.45) is 4.86. The third kappa shape index (κ3) is 4.14. The van der Waals surface area contributed by atoms with Crippen molar-refractivity contribution in [1.82, 2.24) is 30.7 Å². The van der Waals surface area contributed by atoms with Gasteiger partial charge in [0.25, 0.3) is 0 Å². The zero-order valence-electron chi connectivity index (χ0n) is 20.9. The van der Waals surface area contributed by atoms with Gasteiger partial charge in [-0.15, -0.1) is 20.4 Å². The molecule has 4 heterocycles. The van der Waals surface area contributed by atoms with Crippen LogP contribution >= 0.6 is 0 Å². The Balaban J connectivity index is 1.28. The molecule has 0 spiro atoms. The van der Waals surface area contributed by atoms with E-state index < -0.39 is 17.7 Å². The van der Waals surface area contributed by atoms with E-state index in [-0.39, 0.29) is 34.8 Å². The minimum Gasteiger partial charge on any atom is -0.507 e. The molecule has 37 heavy (non-hydrogen) atoms. The number of benzene rings is 1. The van der Waals surface area contributed by atoms with Gasteiger partial charge in [0.1, 0.15) is 17.6 Å². The average molecular weight is 510 g/mol. The van der Waals surface area contributed by atoms with Gasteiger partial charge in [-0.2, -0.15) is 4.39 Å². The molecule has 194 valence electrons. The molecule has 1 saturated carbocycles. The summed E-state index contributed by atoms with van der Waals surface area (Å²) >= 11 is 0. The molecular weight excluding hydrogens is 480 g/mol. The molecule has 3 fully saturated rings. The molecule has 11 heteroatoms. The van der Waals surface area contributed by atoms with Gasteiger partial charge in [0, 0.05) is 34.3 Å². The fourth-order valence-electron chi connectivity index (χ4n) is 5.96. The van der Waals surface area contributed by atoms with Crippen LogP contribution in [0.3, 0.4) is 0 Å². The Kier molecular flexibility index (Phi) is 5.52. The van der Waals surface area contributed by atoms with Crippen molar-refractivity contribution in [3.8, 4) is 34.0 Å². The van der Waals surface area contributed by atoms with Crippen LogP contribution in [0.5, 0.6) is 11.6 Å². The zero-order chi connectivity index (χ0) is 25.9. The van der Waals surface area contributed by atoms with Crippen LogP contribution in [0.4, 0.5) is 14.7 Å². The summed E-state index contributed by atoms with van der Waals surface area (Å²) in [6.45, 7) is 4.14. The van der Waals surface area contributed by atoms with Crippen molar-refractivity contribution in [2.24, 2.45) is 0 Å². The van der Waals surface area contributed by atoms with E-state index in [0.29, 0.717) is 29.2 Å². The van der Waals surface area contributed by atoms with E-state index in [1.54, 1.807) is 12.1 Å². The van der Waals surface area contributed by atoms with Gasteiger partial charge < -0.3 is 20.1 Å². The SMILES string of the molecule is COc1cc(-c2ccc(-c3cnc(N(C4CC4)[C@@H]4C[C@@]5(C)CC[C@](C)(N5)[C@@H]4F)nn3)c(O)c2)c(F)nn1. The molecule has 9 nitrogen and oxygen atoms in total. The lowest BCUT2D eigenvalue weighted by atomic mass is 9.82. The second kappa shape index (κ2) is 8.54. The molecular formula is C26H29F2N7O2. The minimum atomic E-state index is -1.05. The molecule has 3 aromatic rings. The lowest BCUT2D eigenvalue weighted by Gasteiger charge is -2.48. The number of halogens is 2. The molecule has 2 aliphatic heterocycles. The maximum Gasteiger partial charge on any atom is 0.245 e. The van der Waals surface area contributed by atoms with E-state index in [9.17, 15) is 9.50 Å². The number of nitrogens with one attached hydrogen (secondary N) is 1. The highest BCUT2D eigenvalue weighted by atomic mass is 19.1. The van der Waals surface area contributed by atoms with E-state index >= 15 is 4.39 Å². The number of rotatable bonds is 6. The van der Waals surface area contributed by atoms with Crippen LogP contribution in [0, 0.1) is 5.95 Å². The Hall–Kier alpha value is -3.47. The fraction of sp³-hybridized carbons (Fsp3) is 0.500. The zero-order valence-corrected chi connectivity index (χ0v) is 20.9. The largest absolute Gasteiger partial charge is 0.507 e. The maximum absolute atomic E-state index is 15.8. The van der Waals surface area contributed by atoms with E-state index in [4.69, 9.17) is 4.74 Å². The van der Waals surface area contributed by atoms with Gasteiger partial charge in [-0.25, -0.2) is 9.37 Å². The van der Waals surface area contributed by atoms with Crippen molar-refractivity contribution >= 4 is 5.95 Å². The van der Waals surface area contributed by atoms with Crippen LogP contribution in [-0.2, 0) is 0 Å². The number of ether oxygens (including phenoxy) is 1. The van der Waals surface area contributed by atoms with E-state index in [0.717, 1.165) is 25.7 Å². The summed E-state index contributed by atoms with van der Waals surface area (Å²) in [5, 5.41) is 30.0. The van der Waals surface area contributed by atoms with Crippen LogP contribution in [-0.4, -0.2) is 66.9 Å². The second-order valence-electron chi connectivity index (χ2n) is 10.9. The number of methoxy groups -OCH3 is 1. The van der Waals surface area contributed by atoms with Gasteiger partial charge in [0.05, 0.1) is 19.3 Å². The molecule has 0 radical (unpaired) electrons. The van der Waals surface area contributed by atoms with Gasteiger partial charge in [-0.3, -0.25) is 0 Å². The number of nitrogens with zero attached hydrogens (tertiary/aromatic N) is 6. The van der Waals surface area contributed by atoms with Crippen LogP contribution in [0.1, 0.15) is 46.0 Å². The van der Waals surface area contributed by atoms with Crippen molar-refractivity contribution < 1.29 is 18.6 Å². The summed E-state index contributed by atoms with van der Waals surface area (Å²) < 4.78 is 35.1. The average Bonchev–Trinajstić information content (AvgIpc) is 3.68. The molecule has 3 aliphatic rings. The number of hydrogen-bond acceptors (Lipinski definition) is 9. The number of fused-ring (bicyclic) bond motifs is 2. The second-order valence-corrected chi connectivity index (χ2v) is 10.9. The molecule has 1 aliphatic carbocycles. The van der Waals surface area contributed by atoms with Crippen LogP contribution in [0.25, 0.3) is 22.4 Å². The first kappa shape index (κ1) is 23.9. The normalized spacial score (nSPS) is 28.8. The first-order chi connectivity index (χ1) is 17.7. The highest BCUT2D eigenvalue weighted by Gasteiger charge is 2.58. The minimum absolute atomic E-state index is 0.107. The number of hydrogen-bond donors (Lipinski definition) is 2. The summed E-state index contributed by atoms with van der Waals surface area (Å²) in [7, 11) is 1.41. The third-order valence-corrected chi connectivity index (χ3v) is 7.99. The lowest BCUT2D eigenvalue weighted by Crippen LogP contribution is -2.66. The van der Waals surface area contributed by atoms with Crippen molar-refractivity contribution in [2.45, 2.75) is 75.3 Å². The standard InChI is InChI=1S/C26H29F2N7O2/c1-25-8-9-26(2,34-25)22(27)19(12-25)35(15-5-6-15)24-29-13-18(30-33-24)16-7-4-14(10-20(16)36)17-11-21(37-3)31-32-23(17)28/h4,7,10-11,13,15,19,22,34,36H,5-6,8-9,12H2,1-3H3/t19-,22-,25-,26+/m1/s1. The number of aromatic hydroxyl groups is 1. The van der Waals surface area contributed by atoms with Gasteiger partial charge in [-0.05, 0) is 63.6 Å². The lowest BCUT2D eigenvalue weighted by molar-refractivity contribution is 0.0828. The summed E-state index contributed by atoms with van der Waals surface area (Å²) in [6, 6.07) is 5.96. The Morgan fingerprint density at radius 3 is 2.57 bits per heavy atom. The molecule has 0 unspecified atom stereocenters. The van der Waals surface area contributed by atoms with Gasteiger partial charge in [0.15, 0.2) is 0 Å². The first-order valence-electron chi connectivity index (χ1n) is 12.5.